The van der Waals surface area contributed by atoms with Crippen molar-refractivity contribution in [1.29, 1.82) is 0 Å². The molecule has 0 fully saturated rings. The molecule has 0 atom stereocenters. The molecule has 7 nitrogen and oxygen atoms in total. The van der Waals surface area contributed by atoms with Gasteiger partial charge in [0.2, 0.25) is 5.91 Å². The summed E-state index contributed by atoms with van der Waals surface area (Å²) in [6.07, 6.45) is 2.45. The quantitative estimate of drug-likeness (QED) is 0.638. The average Bonchev–Trinajstić information content (AvgIpc) is 2.93. The highest BCUT2D eigenvalue weighted by atomic mass is 35.5. The van der Waals surface area contributed by atoms with Gasteiger partial charge in [-0.25, -0.2) is 4.98 Å². The Balaban J connectivity index is 1.46. The van der Waals surface area contributed by atoms with Crippen LogP contribution < -0.4 is 10.6 Å². The molecular formula is C19H20ClN5O2. The fraction of sp³-hybridized carbons (Fsp3) is 0.263. The van der Waals surface area contributed by atoms with Crippen LogP contribution in [0.1, 0.15) is 28.9 Å². The second kappa shape index (κ2) is 8.18. The predicted octanol–water partition coefficient (Wildman–Crippen LogP) is 3.08. The Morgan fingerprint density at radius 2 is 1.96 bits per heavy atom. The molecule has 2 aromatic heterocycles. The molecule has 2 N–H and O–H groups in total. The lowest BCUT2D eigenvalue weighted by Crippen LogP contribution is -2.25. The van der Waals surface area contributed by atoms with Crippen LogP contribution in [-0.4, -0.2) is 33.1 Å². The van der Waals surface area contributed by atoms with Crippen LogP contribution in [0.4, 0.5) is 5.69 Å². The summed E-state index contributed by atoms with van der Waals surface area (Å²) < 4.78 is 1.71. The molecule has 3 rings (SSSR count). The summed E-state index contributed by atoms with van der Waals surface area (Å²) >= 11 is 5.80. The van der Waals surface area contributed by atoms with E-state index in [1.165, 1.54) is 0 Å². The number of nitrogens with one attached hydrogen (secondary N) is 2. The average molecular weight is 386 g/mol. The fourth-order valence-electron chi connectivity index (χ4n) is 2.75. The smallest absolute Gasteiger partial charge is 0.251 e. The summed E-state index contributed by atoms with van der Waals surface area (Å²) in [5.41, 5.74) is 2.81. The zero-order valence-electron chi connectivity index (χ0n) is 15.1. The molecular weight excluding hydrogens is 366 g/mol. The number of aryl methyl sites for hydroxylation is 2. The van der Waals surface area contributed by atoms with Gasteiger partial charge < -0.3 is 10.6 Å². The van der Waals surface area contributed by atoms with E-state index >= 15 is 0 Å². The Labute approximate surface area is 161 Å². The second-order valence-corrected chi connectivity index (χ2v) is 6.66. The second-order valence-electron chi connectivity index (χ2n) is 6.22. The van der Waals surface area contributed by atoms with Gasteiger partial charge in [-0.2, -0.15) is 5.10 Å². The van der Waals surface area contributed by atoms with Gasteiger partial charge in [-0.05, 0) is 43.7 Å². The Bertz CT molecular complexity index is 982. The molecule has 2 amide bonds. The molecule has 0 aliphatic heterocycles. The summed E-state index contributed by atoms with van der Waals surface area (Å²) in [4.78, 5) is 28.4. The lowest BCUT2D eigenvalue weighted by molar-refractivity contribution is -0.116. The van der Waals surface area contributed by atoms with Crippen molar-refractivity contribution >= 4 is 40.1 Å². The number of carbonyl (C=O) groups excluding carboxylic acids is 2. The van der Waals surface area contributed by atoms with Gasteiger partial charge in [-0.3, -0.25) is 14.3 Å². The van der Waals surface area contributed by atoms with Gasteiger partial charge in [0.15, 0.2) is 5.65 Å². The van der Waals surface area contributed by atoms with Crippen LogP contribution in [0, 0.1) is 6.92 Å². The Morgan fingerprint density at radius 1 is 1.22 bits per heavy atom. The predicted molar refractivity (Wildman–Crippen MR) is 105 cm³/mol. The number of aromatic nitrogens is 3. The molecule has 8 heteroatoms. The first-order valence-electron chi connectivity index (χ1n) is 8.57. The molecule has 27 heavy (non-hydrogen) atoms. The first-order valence-corrected chi connectivity index (χ1v) is 8.95. The van der Waals surface area contributed by atoms with Gasteiger partial charge in [0.05, 0.1) is 17.6 Å². The van der Waals surface area contributed by atoms with Gasteiger partial charge in [0.1, 0.15) is 0 Å². The van der Waals surface area contributed by atoms with Crippen molar-refractivity contribution in [3.63, 3.8) is 0 Å². The molecule has 0 spiro atoms. The van der Waals surface area contributed by atoms with E-state index in [1.54, 1.807) is 35.1 Å². The first-order chi connectivity index (χ1) is 12.9. The number of nitrogens with zero attached hydrogens (tertiary/aromatic N) is 3. The molecule has 0 saturated heterocycles. The third-order valence-corrected chi connectivity index (χ3v) is 4.37. The molecule has 2 heterocycles. The van der Waals surface area contributed by atoms with Crippen molar-refractivity contribution in [3.05, 3.63) is 52.8 Å². The third kappa shape index (κ3) is 4.62. The third-order valence-electron chi connectivity index (χ3n) is 4.12. The molecule has 0 unspecified atom stereocenters. The van der Waals surface area contributed by atoms with E-state index in [0.717, 1.165) is 16.7 Å². The van der Waals surface area contributed by atoms with Gasteiger partial charge in [-0.1, -0.05) is 11.6 Å². The summed E-state index contributed by atoms with van der Waals surface area (Å²) in [5.74, 6) is -0.313. The number of pyridine rings is 1. The van der Waals surface area contributed by atoms with Crippen LogP contribution in [0.15, 0.2) is 36.5 Å². The maximum Gasteiger partial charge on any atom is 0.251 e. The zero-order chi connectivity index (χ0) is 19.4. The van der Waals surface area contributed by atoms with Crippen LogP contribution in [0.3, 0.4) is 0 Å². The molecule has 0 aliphatic carbocycles. The van der Waals surface area contributed by atoms with Crippen LogP contribution in [-0.2, 0) is 11.8 Å². The molecule has 140 valence electrons. The number of carbonyl (C=O) groups is 2. The molecule has 0 aliphatic rings. The standard InChI is InChI=1S/C19H20ClN5O2/c1-12-16-10-15(11-22-18(16)25(2)24-12)23-17(26)4-3-9-21-19(27)13-5-7-14(20)8-6-13/h5-8,10-11H,3-4,9H2,1-2H3,(H,21,27)(H,23,26). The minimum absolute atomic E-state index is 0.126. The van der Waals surface area contributed by atoms with Crippen LogP contribution in [0.2, 0.25) is 5.02 Å². The van der Waals surface area contributed by atoms with E-state index in [9.17, 15) is 9.59 Å². The van der Waals surface area contributed by atoms with Crippen molar-refractivity contribution in [3.8, 4) is 0 Å². The van der Waals surface area contributed by atoms with Crippen molar-refractivity contribution in [2.45, 2.75) is 19.8 Å². The van der Waals surface area contributed by atoms with Crippen LogP contribution >= 0.6 is 11.6 Å². The summed E-state index contributed by atoms with van der Waals surface area (Å²) in [6.45, 7) is 2.31. The molecule has 1 aromatic carbocycles. The summed E-state index contributed by atoms with van der Waals surface area (Å²) in [5, 5.41) is 11.4. The first kappa shape index (κ1) is 18.8. The van der Waals surface area contributed by atoms with Crippen LogP contribution in [0.25, 0.3) is 11.0 Å². The highest BCUT2D eigenvalue weighted by molar-refractivity contribution is 6.30. The number of halogens is 1. The summed E-state index contributed by atoms with van der Waals surface area (Å²) in [6, 6.07) is 8.52. The highest BCUT2D eigenvalue weighted by Crippen LogP contribution is 2.19. The van der Waals surface area contributed by atoms with Crippen molar-refractivity contribution in [2.75, 3.05) is 11.9 Å². The van der Waals surface area contributed by atoms with Crippen molar-refractivity contribution < 1.29 is 9.59 Å². The normalized spacial score (nSPS) is 10.8. The number of hydrogen-bond donors (Lipinski definition) is 2. The van der Waals surface area contributed by atoms with Crippen LogP contribution in [0.5, 0.6) is 0 Å². The molecule has 0 radical (unpaired) electrons. The lowest BCUT2D eigenvalue weighted by Gasteiger charge is -2.07. The minimum atomic E-state index is -0.186. The number of anilines is 1. The Hall–Kier alpha value is -2.93. The lowest BCUT2D eigenvalue weighted by atomic mass is 10.2. The number of benzene rings is 1. The Kier molecular flexibility index (Phi) is 5.71. The number of hydrogen-bond acceptors (Lipinski definition) is 4. The van der Waals surface area contributed by atoms with E-state index in [-0.39, 0.29) is 11.8 Å². The molecule has 0 saturated carbocycles. The Morgan fingerprint density at radius 3 is 2.70 bits per heavy atom. The van der Waals surface area contributed by atoms with E-state index in [0.29, 0.717) is 35.7 Å². The summed E-state index contributed by atoms with van der Waals surface area (Å²) in [7, 11) is 1.83. The van der Waals surface area contributed by atoms with E-state index in [4.69, 9.17) is 11.6 Å². The largest absolute Gasteiger partial charge is 0.352 e. The SMILES string of the molecule is Cc1nn(C)c2ncc(NC(=O)CCCNC(=O)c3ccc(Cl)cc3)cc12. The molecule has 0 bridgehead atoms. The van der Waals surface area contributed by atoms with E-state index in [1.807, 2.05) is 20.0 Å². The fourth-order valence-corrected chi connectivity index (χ4v) is 2.88. The van der Waals surface area contributed by atoms with E-state index in [2.05, 4.69) is 20.7 Å². The maximum absolute atomic E-state index is 12.1. The van der Waals surface area contributed by atoms with Gasteiger partial charge in [0, 0.05) is 36.0 Å². The number of rotatable bonds is 6. The number of fused-ring (bicyclic) bond motifs is 1. The molecule has 3 aromatic rings. The minimum Gasteiger partial charge on any atom is -0.352 e. The maximum atomic E-state index is 12.1. The topological polar surface area (TPSA) is 88.9 Å². The van der Waals surface area contributed by atoms with Gasteiger partial charge >= 0.3 is 0 Å². The number of amides is 2. The van der Waals surface area contributed by atoms with Crippen molar-refractivity contribution in [2.24, 2.45) is 7.05 Å². The highest BCUT2D eigenvalue weighted by Gasteiger charge is 2.09. The zero-order valence-corrected chi connectivity index (χ0v) is 15.9. The monoisotopic (exact) mass is 385 g/mol. The van der Waals surface area contributed by atoms with Gasteiger partial charge in [0.25, 0.3) is 5.91 Å². The van der Waals surface area contributed by atoms with E-state index < -0.39 is 0 Å². The van der Waals surface area contributed by atoms with Crippen molar-refractivity contribution in [1.82, 2.24) is 20.1 Å². The van der Waals surface area contributed by atoms with Gasteiger partial charge in [-0.15, -0.1) is 0 Å².